The first kappa shape index (κ1) is 19.3. The first-order valence-electron chi connectivity index (χ1n) is 8.47. The fraction of sp³-hybridized carbons (Fsp3) is 0.263. The molecule has 1 heterocycles. The summed E-state index contributed by atoms with van der Waals surface area (Å²) in [5.41, 5.74) is 1.55. The van der Waals surface area contributed by atoms with Crippen LogP contribution in [0.15, 0.2) is 53.6 Å². The van der Waals surface area contributed by atoms with Crippen molar-refractivity contribution in [1.29, 1.82) is 0 Å². The number of ether oxygens (including phenoxy) is 1. The van der Waals surface area contributed by atoms with Gasteiger partial charge in [0.25, 0.3) is 0 Å². The van der Waals surface area contributed by atoms with Crippen molar-refractivity contribution in [2.45, 2.75) is 17.9 Å². The molecule has 0 bridgehead atoms. The van der Waals surface area contributed by atoms with Gasteiger partial charge in [-0.1, -0.05) is 18.2 Å². The van der Waals surface area contributed by atoms with Crippen molar-refractivity contribution in [2.75, 3.05) is 13.2 Å². The molecular weight excluding hydrogens is 371 g/mol. The number of aliphatic hydroxyl groups excluding tert-OH is 1. The van der Waals surface area contributed by atoms with E-state index < -0.39 is 21.9 Å². The van der Waals surface area contributed by atoms with Crippen molar-refractivity contribution >= 4 is 20.9 Å². The molecule has 1 aromatic heterocycles. The van der Waals surface area contributed by atoms with Crippen LogP contribution in [-0.4, -0.2) is 31.2 Å². The molecule has 1 atom stereocenters. The number of hydrogen-bond donors (Lipinski definition) is 2. The highest BCUT2D eigenvalue weighted by molar-refractivity contribution is 7.89. The number of rotatable bonds is 7. The smallest absolute Gasteiger partial charge is 0.240 e. The number of nitrogens with zero attached hydrogens (tertiary/aromatic N) is 1. The number of aliphatic hydroxyl groups is 1. The molecule has 0 aliphatic carbocycles. The van der Waals surface area contributed by atoms with Crippen molar-refractivity contribution in [3.63, 3.8) is 0 Å². The first-order chi connectivity index (χ1) is 12.8. The van der Waals surface area contributed by atoms with Gasteiger partial charge in [0.2, 0.25) is 10.0 Å². The van der Waals surface area contributed by atoms with Crippen molar-refractivity contribution in [2.24, 2.45) is 7.05 Å². The molecule has 0 aliphatic rings. The Kier molecular flexibility index (Phi) is 5.50. The minimum atomic E-state index is -3.98. The third-order valence-electron chi connectivity index (χ3n) is 4.27. The van der Waals surface area contributed by atoms with Gasteiger partial charge in [-0.3, -0.25) is 0 Å². The number of para-hydroxylation sites is 1. The molecular formula is C19H21FN2O4S. The number of sulfonamides is 1. The lowest BCUT2D eigenvalue weighted by molar-refractivity contribution is 0.183. The van der Waals surface area contributed by atoms with Crippen LogP contribution in [0.5, 0.6) is 5.75 Å². The van der Waals surface area contributed by atoms with Crippen molar-refractivity contribution in [1.82, 2.24) is 9.29 Å². The topological polar surface area (TPSA) is 80.6 Å². The number of nitrogens with one attached hydrogen (secondary N) is 1. The summed E-state index contributed by atoms with van der Waals surface area (Å²) >= 11 is 0. The minimum Gasteiger partial charge on any atom is -0.491 e. The summed E-state index contributed by atoms with van der Waals surface area (Å²) in [4.78, 5) is -0.228. The Balaban J connectivity index is 1.77. The van der Waals surface area contributed by atoms with Gasteiger partial charge in [-0.15, -0.1) is 0 Å². The van der Waals surface area contributed by atoms with E-state index >= 15 is 0 Å². The molecule has 2 N–H and O–H groups in total. The summed E-state index contributed by atoms with van der Waals surface area (Å²) in [6.07, 6.45) is 0.721. The summed E-state index contributed by atoms with van der Waals surface area (Å²) < 4.78 is 48.1. The van der Waals surface area contributed by atoms with Gasteiger partial charge in [0.05, 0.1) is 17.6 Å². The fourth-order valence-corrected chi connectivity index (χ4v) is 3.99. The van der Waals surface area contributed by atoms with Gasteiger partial charge < -0.3 is 14.4 Å². The lowest BCUT2D eigenvalue weighted by Crippen LogP contribution is -2.28. The Morgan fingerprint density at radius 3 is 2.70 bits per heavy atom. The van der Waals surface area contributed by atoms with E-state index in [0.717, 1.165) is 17.0 Å². The highest BCUT2D eigenvalue weighted by Gasteiger charge is 2.20. The standard InChI is InChI=1S/C19H21FN2O4S/c1-3-26-19-9-8-13(10-16(19)20)27(24,25)21-11-18(23)15-12-22(2)17-7-5-4-6-14(15)17/h4-10,12,18,21,23H,3,11H2,1-2H3/t18-/m0/s1. The van der Waals surface area contributed by atoms with E-state index in [-0.39, 0.29) is 23.8 Å². The Hall–Kier alpha value is -2.42. The summed E-state index contributed by atoms with van der Waals surface area (Å²) in [6.45, 7) is 1.75. The largest absolute Gasteiger partial charge is 0.491 e. The van der Waals surface area contributed by atoms with Gasteiger partial charge in [0, 0.05) is 36.3 Å². The maximum Gasteiger partial charge on any atom is 0.240 e. The molecule has 0 saturated heterocycles. The van der Waals surface area contributed by atoms with E-state index in [2.05, 4.69) is 4.72 Å². The highest BCUT2D eigenvalue weighted by atomic mass is 32.2. The molecule has 0 saturated carbocycles. The lowest BCUT2D eigenvalue weighted by atomic mass is 10.1. The number of fused-ring (bicyclic) bond motifs is 1. The average molecular weight is 392 g/mol. The van der Waals surface area contributed by atoms with E-state index in [4.69, 9.17) is 4.74 Å². The summed E-state index contributed by atoms with van der Waals surface area (Å²) in [7, 11) is -2.12. The van der Waals surface area contributed by atoms with E-state index in [0.29, 0.717) is 5.56 Å². The van der Waals surface area contributed by atoms with Crippen LogP contribution >= 0.6 is 0 Å². The Labute approximate surface area is 157 Å². The molecule has 0 unspecified atom stereocenters. The van der Waals surface area contributed by atoms with E-state index in [1.807, 2.05) is 35.9 Å². The molecule has 3 aromatic rings. The Bertz CT molecular complexity index is 1060. The molecule has 144 valence electrons. The van der Waals surface area contributed by atoms with Crippen LogP contribution in [0.4, 0.5) is 4.39 Å². The number of benzene rings is 2. The molecule has 6 nitrogen and oxygen atoms in total. The molecule has 0 radical (unpaired) electrons. The number of hydrogen-bond acceptors (Lipinski definition) is 4. The minimum absolute atomic E-state index is 0.00719. The maximum absolute atomic E-state index is 13.9. The molecule has 0 amide bonds. The predicted octanol–water partition coefficient (Wildman–Crippen LogP) is 2.73. The number of halogens is 1. The van der Waals surface area contributed by atoms with Crippen LogP contribution in [0.25, 0.3) is 10.9 Å². The summed E-state index contributed by atoms with van der Waals surface area (Å²) in [5, 5.41) is 11.3. The molecule has 27 heavy (non-hydrogen) atoms. The Morgan fingerprint density at radius 1 is 1.26 bits per heavy atom. The maximum atomic E-state index is 13.9. The van der Waals surface area contributed by atoms with E-state index in [9.17, 15) is 17.9 Å². The van der Waals surface area contributed by atoms with E-state index in [1.54, 1.807) is 13.1 Å². The zero-order valence-electron chi connectivity index (χ0n) is 15.0. The van der Waals surface area contributed by atoms with Gasteiger partial charge in [-0.2, -0.15) is 0 Å². The predicted molar refractivity (Wildman–Crippen MR) is 101 cm³/mol. The quantitative estimate of drug-likeness (QED) is 0.648. The second-order valence-electron chi connectivity index (χ2n) is 6.11. The van der Waals surface area contributed by atoms with Crippen molar-refractivity contribution < 1.29 is 22.7 Å². The van der Waals surface area contributed by atoms with Gasteiger partial charge in [-0.25, -0.2) is 17.5 Å². The van der Waals surface area contributed by atoms with Crippen LogP contribution in [0.3, 0.4) is 0 Å². The highest BCUT2D eigenvalue weighted by Crippen LogP contribution is 2.26. The van der Waals surface area contributed by atoms with Crippen LogP contribution in [0.1, 0.15) is 18.6 Å². The Morgan fingerprint density at radius 2 is 2.00 bits per heavy atom. The number of aryl methyl sites for hydroxylation is 1. The molecule has 3 rings (SSSR count). The van der Waals surface area contributed by atoms with Crippen molar-refractivity contribution in [3.8, 4) is 5.75 Å². The van der Waals surface area contributed by atoms with Crippen LogP contribution in [0, 0.1) is 5.82 Å². The van der Waals surface area contributed by atoms with E-state index in [1.165, 1.54) is 12.1 Å². The van der Waals surface area contributed by atoms with Gasteiger partial charge in [0.15, 0.2) is 11.6 Å². The SMILES string of the molecule is CCOc1ccc(S(=O)(=O)NC[C@H](O)c2cn(C)c3ccccc23)cc1F. The zero-order valence-corrected chi connectivity index (χ0v) is 15.8. The second-order valence-corrected chi connectivity index (χ2v) is 7.87. The van der Waals surface area contributed by atoms with Gasteiger partial charge >= 0.3 is 0 Å². The van der Waals surface area contributed by atoms with Crippen LogP contribution < -0.4 is 9.46 Å². The molecule has 0 aliphatic heterocycles. The number of aromatic nitrogens is 1. The summed E-state index contributed by atoms with van der Waals surface area (Å²) in [6, 6.07) is 11.0. The first-order valence-corrected chi connectivity index (χ1v) is 9.96. The monoisotopic (exact) mass is 392 g/mol. The molecule has 0 fully saturated rings. The third-order valence-corrected chi connectivity index (χ3v) is 5.69. The normalized spacial score (nSPS) is 13.0. The van der Waals surface area contributed by atoms with Gasteiger partial charge in [-0.05, 0) is 31.2 Å². The van der Waals surface area contributed by atoms with Crippen LogP contribution in [0.2, 0.25) is 0 Å². The molecule has 8 heteroatoms. The fourth-order valence-electron chi connectivity index (χ4n) is 2.94. The third kappa shape index (κ3) is 3.97. The van der Waals surface area contributed by atoms with Gasteiger partial charge in [0.1, 0.15) is 0 Å². The zero-order chi connectivity index (χ0) is 19.6. The van der Waals surface area contributed by atoms with Crippen molar-refractivity contribution in [3.05, 3.63) is 60.0 Å². The van der Waals surface area contributed by atoms with Crippen LogP contribution in [-0.2, 0) is 17.1 Å². The molecule has 2 aromatic carbocycles. The second kappa shape index (κ2) is 7.67. The summed E-state index contributed by atoms with van der Waals surface area (Å²) in [5.74, 6) is -0.762. The average Bonchev–Trinajstić information content (AvgIpc) is 2.99. The molecule has 0 spiro atoms. The lowest BCUT2D eigenvalue weighted by Gasteiger charge is -2.13.